The molecule has 1 aromatic carbocycles. The average molecular weight is 424 g/mol. The number of pyridine rings is 1. The van der Waals surface area contributed by atoms with Crippen molar-refractivity contribution in [2.75, 3.05) is 39.2 Å². The number of nitrogens with one attached hydrogen (secondary N) is 2. The van der Waals surface area contributed by atoms with Gasteiger partial charge in [0.15, 0.2) is 11.5 Å². The zero-order chi connectivity index (χ0) is 21.6. The van der Waals surface area contributed by atoms with E-state index in [0.717, 1.165) is 53.2 Å². The summed E-state index contributed by atoms with van der Waals surface area (Å²) in [6, 6.07) is 12.0. The molecule has 0 spiro atoms. The summed E-state index contributed by atoms with van der Waals surface area (Å²) in [5.41, 5.74) is 2.81. The number of benzene rings is 1. The Balaban J connectivity index is 1.45. The van der Waals surface area contributed by atoms with Gasteiger partial charge in [-0.2, -0.15) is 5.10 Å². The lowest BCUT2D eigenvalue weighted by Gasteiger charge is -2.32. The molecule has 0 bridgehead atoms. The van der Waals surface area contributed by atoms with Gasteiger partial charge in [-0.3, -0.25) is 9.89 Å². The molecule has 0 saturated carbocycles. The van der Waals surface area contributed by atoms with E-state index in [1.165, 1.54) is 0 Å². The predicted molar refractivity (Wildman–Crippen MR) is 119 cm³/mol. The van der Waals surface area contributed by atoms with Crippen molar-refractivity contribution >= 4 is 22.8 Å². The highest BCUT2D eigenvalue weighted by Crippen LogP contribution is 2.29. The SMILES string of the molecule is COCCC(=O)N1CCCC(c2ccc3c(NCc4ccccc4OC)n[nH]c3n2)C1. The van der Waals surface area contributed by atoms with Crippen LogP contribution in [0.15, 0.2) is 36.4 Å². The number of methoxy groups -OCH3 is 2. The molecule has 3 heterocycles. The van der Waals surface area contributed by atoms with Crippen LogP contribution in [0.3, 0.4) is 0 Å². The first-order valence-electron chi connectivity index (χ1n) is 10.7. The number of para-hydroxylation sites is 1. The zero-order valence-electron chi connectivity index (χ0n) is 18.1. The molecule has 0 aliphatic carbocycles. The second-order valence-corrected chi connectivity index (χ2v) is 7.79. The highest BCUT2D eigenvalue weighted by molar-refractivity contribution is 5.87. The van der Waals surface area contributed by atoms with E-state index in [2.05, 4.69) is 27.6 Å². The van der Waals surface area contributed by atoms with Crippen LogP contribution in [-0.2, 0) is 16.1 Å². The number of anilines is 1. The summed E-state index contributed by atoms with van der Waals surface area (Å²) in [6.07, 6.45) is 2.44. The van der Waals surface area contributed by atoms with Gasteiger partial charge < -0.3 is 19.7 Å². The van der Waals surface area contributed by atoms with Crippen molar-refractivity contribution in [2.45, 2.75) is 31.7 Å². The molecule has 1 fully saturated rings. The van der Waals surface area contributed by atoms with Crippen molar-refractivity contribution in [3.05, 3.63) is 47.7 Å². The Morgan fingerprint density at radius 2 is 2.13 bits per heavy atom. The number of likely N-dealkylation sites (tertiary alicyclic amines) is 1. The van der Waals surface area contributed by atoms with E-state index in [4.69, 9.17) is 14.5 Å². The number of fused-ring (bicyclic) bond motifs is 1. The minimum atomic E-state index is 0.150. The molecule has 1 atom stereocenters. The number of H-pyrrole nitrogens is 1. The Bertz CT molecular complexity index is 1030. The standard InChI is InChI=1S/C23H29N5O3/c1-30-13-11-21(29)28-12-5-7-17(15-28)19-10-9-18-22(26-27-23(18)25-19)24-14-16-6-3-4-8-20(16)31-2/h3-4,6,8-10,17H,5,7,11-15H2,1-2H3,(H2,24,25,26,27). The Morgan fingerprint density at radius 1 is 1.26 bits per heavy atom. The van der Waals surface area contributed by atoms with Crippen LogP contribution in [0, 0.1) is 0 Å². The smallest absolute Gasteiger partial charge is 0.224 e. The van der Waals surface area contributed by atoms with Crippen molar-refractivity contribution < 1.29 is 14.3 Å². The largest absolute Gasteiger partial charge is 0.496 e. The molecule has 164 valence electrons. The van der Waals surface area contributed by atoms with Gasteiger partial charge in [-0.1, -0.05) is 18.2 Å². The third kappa shape index (κ3) is 4.80. The summed E-state index contributed by atoms with van der Waals surface area (Å²) in [7, 11) is 3.29. The average Bonchev–Trinajstić information content (AvgIpc) is 3.23. The van der Waals surface area contributed by atoms with Crippen molar-refractivity contribution in [3.63, 3.8) is 0 Å². The minimum absolute atomic E-state index is 0.150. The Kier molecular flexibility index (Phi) is 6.66. The first-order chi connectivity index (χ1) is 15.2. The number of ether oxygens (including phenoxy) is 2. The molecule has 1 unspecified atom stereocenters. The van der Waals surface area contributed by atoms with E-state index in [0.29, 0.717) is 26.1 Å². The number of carbonyl (C=O) groups is 1. The summed E-state index contributed by atoms with van der Waals surface area (Å²) in [5.74, 6) is 1.99. The quantitative estimate of drug-likeness (QED) is 0.577. The topological polar surface area (TPSA) is 92.4 Å². The molecule has 2 N–H and O–H groups in total. The van der Waals surface area contributed by atoms with Gasteiger partial charge in [-0.25, -0.2) is 4.98 Å². The molecule has 8 nitrogen and oxygen atoms in total. The molecule has 1 aliphatic rings. The number of nitrogens with zero attached hydrogens (tertiary/aromatic N) is 3. The van der Waals surface area contributed by atoms with Crippen molar-refractivity contribution in [3.8, 4) is 5.75 Å². The first kappa shape index (κ1) is 21.1. The number of amides is 1. The van der Waals surface area contributed by atoms with E-state index in [9.17, 15) is 4.79 Å². The zero-order valence-corrected chi connectivity index (χ0v) is 18.1. The molecule has 1 aliphatic heterocycles. The molecular formula is C23H29N5O3. The van der Waals surface area contributed by atoms with Gasteiger partial charge >= 0.3 is 0 Å². The van der Waals surface area contributed by atoms with Crippen LogP contribution in [0.4, 0.5) is 5.82 Å². The van der Waals surface area contributed by atoms with Crippen LogP contribution >= 0.6 is 0 Å². The Morgan fingerprint density at radius 3 is 2.97 bits per heavy atom. The molecule has 0 radical (unpaired) electrons. The lowest BCUT2D eigenvalue weighted by Crippen LogP contribution is -2.39. The minimum Gasteiger partial charge on any atom is -0.496 e. The summed E-state index contributed by atoms with van der Waals surface area (Å²) in [4.78, 5) is 19.1. The highest BCUT2D eigenvalue weighted by Gasteiger charge is 2.25. The lowest BCUT2D eigenvalue weighted by atomic mass is 9.94. The van der Waals surface area contributed by atoms with Crippen molar-refractivity contribution in [2.24, 2.45) is 0 Å². The number of hydrogen-bond donors (Lipinski definition) is 2. The van der Waals surface area contributed by atoms with Crippen LogP contribution < -0.4 is 10.1 Å². The molecule has 3 aromatic rings. The normalized spacial score (nSPS) is 16.5. The van der Waals surface area contributed by atoms with Crippen molar-refractivity contribution in [1.82, 2.24) is 20.1 Å². The van der Waals surface area contributed by atoms with Gasteiger partial charge in [0.1, 0.15) is 5.75 Å². The maximum Gasteiger partial charge on any atom is 0.224 e. The van der Waals surface area contributed by atoms with Crippen LogP contribution in [0.2, 0.25) is 0 Å². The maximum absolute atomic E-state index is 12.4. The molecule has 1 saturated heterocycles. The summed E-state index contributed by atoms with van der Waals surface area (Å²) in [6.45, 7) is 2.58. The summed E-state index contributed by atoms with van der Waals surface area (Å²) < 4.78 is 10.5. The van der Waals surface area contributed by atoms with Crippen molar-refractivity contribution in [1.29, 1.82) is 0 Å². The van der Waals surface area contributed by atoms with Crippen LogP contribution in [-0.4, -0.2) is 59.9 Å². The Labute approximate surface area is 181 Å². The third-order valence-corrected chi connectivity index (χ3v) is 5.80. The van der Waals surface area contributed by atoms with Crippen LogP contribution in [0.25, 0.3) is 11.0 Å². The fourth-order valence-corrected chi connectivity index (χ4v) is 4.10. The lowest BCUT2D eigenvalue weighted by molar-refractivity contribution is -0.133. The molecule has 4 rings (SSSR count). The molecular weight excluding hydrogens is 394 g/mol. The molecule has 1 amide bonds. The van der Waals surface area contributed by atoms with Gasteiger partial charge in [0.25, 0.3) is 0 Å². The van der Waals surface area contributed by atoms with E-state index in [1.54, 1.807) is 14.2 Å². The fourth-order valence-electron chi connectivity index (χ4n) is 4.10. The maximum atomic E-state index is 12.4. The number of aromatic nitrogens is 3. The predicted octanol–water partition coefficient (Wildman–Crippen LogP) is 3.32. The molecule has 8 heteroatoms. The second kappa shape index (κ2) is 9.78. The van der Waals surface area contributed by atoms with E-state index in [-0.39, 0.29) is 11.8 Å². The molecule has 2 aromatic heterocycles. The van der Waals surface area contributed by atoms with E-state index >= 15 is 0 Å². The first-order valence-corrected chi connectivity index (χ1v) is 10.7. The van der Waals surface area contributed by atoms with Gasteiger partial charge in [-0.05, 0) is 31.0 Å². The number of piperidine rings is 1. The Hall–Kier alpha value is -3.13. The van der Waals surface area contributed by atoms with Gasteiger partial charge in [0, 0.05) is 43.9 Å². The number of rotatable bonds is 8. The van der Waals surface area contributed by atoms with Gasteiger partial charge in [0.05, 0.1) is 25.5 Å². The second-order valence-electron chi connectivity index (χ2n) is 7.79. The van der Waals surface area contributed by atoms with Gasteiger partial charge in [0.2, 0.25) is 5.91 Å². The number of carbonyl (C=O) groups excluding carboxylic acids is 1. The molecule has 31 heavy (non-hydrogen) atoms. The summed E-state index contributed by atoms with van der Waals surface area (Å²) >= 11 is 0. The number of aromatic amines is 1. The number of hydrogen-bond acceptors (Lipinski definition) is 6. The monoisotopic (exact) mass is 423 g/mol. The van der Waals surface area contributed by atoms with Gasteiger partial charge in [-0.15, -0.1) is 0 Å². The van der Waals surface area contributed by atoms with Crippen LogP contribution in [0.5, 0.6) is 5.75 Å². The highest BCUT2D eigenvalue weighted by atomic mass is 16.5. The van der Waals surface area contributed by atoms with E-state index in [1.807, 2.05) is 29.2 Å². The fraction of sp³-hybridized carbons (Fsp3) is 0.435. The van der Waals surface area contributed by atoms with Crippen LogP contribution in [0.1, 0.15) is 36.4 Å². The summed E-state index contributed by atoms with van der Waals surface area (Å²) in [5, 5.41) is 11.8. The third-order valence-electron chi connectivity index (χ3n) is 5.80. The van der Waals surface area contributed by atoms with E-state index < -0.39 is 0 Å².